The first-order valence-electron chi connectivity index (χ1n) is 11.5. The summed E-state index contributed by atoms with van der Waals surface area (Å²) in [6.45, 7) is 2.61. The summed E-state index contributed by atoms with van der Waals surface area (Å²) < 4.78 is 0. The number of carboxylic acids is 1. The van der Waals surface area contributed by atoms with E-state index in [4.69, 9.17) is 22.9 Å². The summed E-state index contributed by atoms with van der Waals surface area (Å²) in [5.41, 5.74) is 21.1. The van der Waals surface area contributed by atoms with Crippen LogP contribution in [0.2, 0.25) is 0 Å². The number of aliphatic carboxylic acids is 1. The normalized spacial score (nSPS) is 17.3. The standard InChI is InChI=1S/C20H38N10O5/c1-11(15(31)30-14(18(34)35)7-4-10-27-20(23)24)28-17(33)13(6-3-9-26-19(21)22)29-16(32)12-5-2-8-25-12/h11-14,25H,2-10H2,1H3,(H,28,33)(H,29,32)(H,30,31)(H,34,35)(H4,21,22,26)(H4,23,24,27). The molecule has 35 heavy (non-hydrogen) atoms. The van der Waals surface area contributed by atoms with Crippen molar-refractivity contribution in [1.29, 1.82) is 0 Å². The van der Waals surface area contributed by atoms with Crippen LogP contribution in [0, 0.1) is 0 Å². The van der Waals surface area contributed by atoms with Crippen molar-refractivity contribution < 1.29 is 24.3 Å². The second-order valence-electron chi connectivity index (χ2n) is 8.24. The Balaban J connectivity index is 2.70. The lowest BCUT2D eigenvalue weighted by atomic mass is 10.1. The highest BCUT2D eigenvalue weighted by Gasteiger charge is 2.29. The highest BCUT2D eigenvalue weighted by molar-refractivity contribution is 5.94. The van der Waals surface area contributed by atoms with E-state index in [0.29, 0.717) is 25.8 Å². The van der Waals surface area contributed by atoms with Gasteiger partial charge in [0.2, 0.25) is 17.7 Å². The SMILES string of the molecule is CC(NC(=O)C(CCCN=C(N)N)NC(=O)C1CCCN1)C(=O)NC(CCCN=C(N)N)C(=O)O. The largest absolute Gasteiger partial charge is 0.480 e. The number of amides is 3. The van der Waals surface area contributed by atoms with Crippen LogP contribution in [0.15, 0.2) is 9.98 Å². The Kier molecular flexibility index (Phi) is 12.9. The van der Waals surface area contributed by atoms with Crippen LogP contribution in [0.25, 0.3) is 0 Å². The first-order valence-corrected chi connectivity index (χ1v) is 11.5. The maximum absolute atomic E-state index is 12.9. The maximum Gasteiger partial charge on any atom is 0.326 e. The molecule has 0 aromatic heterocycles. The fourth-order valence-corrected chi connectivity index (χ4v) is 3.39. The number of carboxylic acid groups (broad SMARTS) is 1. The third kappa shape index (κ3) is 11.9. The monoisotopic (exact) mass is 498 g/mol. The van der Waals surface area contributed by atoms with Gasteiger partial charge in [0.05, 0.1) is 6.04 Å². The molecule has 1 saturated heterocycles. The molecule has 1 rings (SSSR count). The summed E-state index contributed by atoms with van der Waals surface area (Å²) in [5, 5.41) is 20.1. The second-order valence-corrected chi connectivity index (χ2v) is 8.24. The summed E-state index contributed by atoms with van der Waals surface area (Å²) >= 11 is 0. The molecule has 4 atom stereocenters. The lowest BCUT2D eigenvalue weighted by Gasteiger charge is -2.23. The van der Waals surface area contributed by atoms with Gasteiger partial charge in [0.25, 0.3) is 0 Å². The van der Waals surface area contributed by atoms with Gasteiger partial charge in [0, 0.05) is 13.1 Å². The van der Waals surface area contributed by atoms with Crippen molar-refractivity contribution in [1.82, 2.24) is 21.3 Å². The van der Waals surface area contributed by atoms with Gasteiger partial charge in [-0.05, 0) is 52.0 Å². The van der Waals surface area contributed by atoms with Crippen LogP contribution in [0.3, 0.4) is 0 Å². The molecule has 0 saturated carbocycles. The average molecular weight is 499 g/mol. The van der Waals surface area contributed by atoms with Crippen molar-refractivity contribution >= 4 is 35.6 Å². The zero-order valence-corrected chi connectivity index (χ0v) is 20.0. The van der Waals surface area contributed by atoms with Gasteiger partial charge in [-0.1, -0.05) is 0 Å². The predicted octanol–water partition coefficient (Wildman–Crippen LogP) is -3.60. The lowest BCUT2D eigenvalue weighted by Crippen LogP contribution is -2.56. The van der Waals surface area contributed by atoms with E-state index in [1.54, 1.807) is 0 Å². The number of carbonyl (C=O) groups excluding carboxylic acids is 3. The Morgan fingerprint density at radius 2 is 1.49 bits per heavy atom. The number of carbonyl (C=O) groups is 4. The van der Waals surface area contributed by atoms with Crippen LogP contribution in [0.5, 0.6) is 0 Å². The van der Waals surface area contributed by atoms with Crippen LogP contribution < -0.4 is 44.2 Å². The minimum Gasteiger partial charge on any atom is -0.480 e. The number of nitrogens with one attached hydrogen (secondary N) is 4. The van der Waals surface area contributed by atoms with Crippen molar-refractivity contribution in [3.8, 4) is 0 Å². The Bertz CT molecular complexity index is 789. The van der Waals surface area contributed by atoms with Crippen LogP contribution in [-0.2, 0) is 19.2 Å². The minimum absolute atomic E-state index is 0.0817. The van der Waals surface area contributed by atoms with E-state index in [2.05, 4.69) is 31.3 Å². The topological polar surface area (TPSA) is 265 Å². The molecule has 0 aromatic rings. The molecular formula is C20H38N10O5. The molecule has 15 nitrogen and oxygen atoms in total. The zero-order valence-electron chi connectivity index (χ0n) is 20.0. The summed E-state index contributed by atoms with van der Waals surface area (Å²) in [6.07, 6.45) is 2.58. The molecule has 1 aliphatic heterocycles. The van der Waals surface area contributed by atoms with E-state index in [9.17, 15) is 24.3 Å². The molecule has 3 amide bonds. The molecule has 0 aromatic carbocycles. The molecule has 1 heterocycles. The Morgan fingerprint density at radius 3 is 1.97 bits per heavy atom. The minimum atomic E-state index is -1.23. The zero-order chi connectivity index (χ0) is 26.4. The van der Waals surface area contributed by atoms with E-state index in [0.717, 1.165) is 6.42 Å². The van der Waals surface area contributed by atoms with Gasteiger partial charge in [-0.3, -0.25) is 24.4 Å². The van der Waals surface area contributed by atoms with Gasteiger partial charge in [-0.2, -0.15) is 0 Å². The van der Waals surface area contributed by atoms with Gasteiger partial charge in [0.1, 0.15) is 18.1 Å². The smallest absolute Gasteiger partial charge is 0.326 e. The lowest BCUT2D eigenvalue weighted by molar-refractivity contribution is -0.142. The molecule has 0 radical (unpaired) electrons. The van der Waals surface area contributed by atoms with Crippen LogP contribution in [0.4, 0.5) is 0 Å². The van der Waals surface area contributed by atoms with Crippen molar-refractivity contribution in [2.75, 3.05) is 19.6 Å². The summed E-state index contributed by atoms with van der Waals surface area (Å²) in [6, 6.07) is -3.55. The molecule has 0 spiro atoms. The first-order chi connectivity index (χ1) is 16.5. The third-order valence-electron chi connectivity index (χ3n) is 5.27. The van der Waals surface area contributed by atoms with Crippen molar-refractivity contribution in [3.63, 3.8) is 0 Å². The quantitative estimate of drug-likeness (QED) is 0.0608. The van der Waals surface area contributed by atoms with Crippen molar-refractivity contribution in [2.24, 2.45) is 32.9 Å². The Morgan fingerprint density at radius 1 is 0.914 bits per heavy atom. The highest BCUT2D eigenvalue weighted by Crippen LogP contribution is 2.07. The van der Waals surface area contributed by atoms with Gasteiger partial charge in [-0.15, -0.1) is 0 Å². The van der Waals surface area contributed by atoms with Crippen molar-refractivity contribution in [3.05, 3.63) is 0 Å². The van der Waals surface area contributed by atoms with E-state index >= 15 is 0 Å². The van der Waals surface area contributed by atoms with Gasteiger partial charge >= 0.3 is 5.97 Å². The molecule has 198 valence electrons. The molecule has 0 bridgehead atoms. The van der Waals surface area contributed by atoms with Crippen LogP contribution in [-0.4, -0.2) is 84.5 Å². The van der Waals surface area contributed by atoms with Gasteiger partial charge < -0.3 is 49.3 Å². The molecule has 0 aliphatic carbocycles. The maximum atomic E-state index is 12.9. The summed E-state index contributed by atoms with van der Waals surface area (Å²) in [4.78, 5) is 57.0. The summed E-state index contributed by atoms with van der Waals surface area (Å²) in [5.74, 6) is -2.99. The fraction of sp³-hybridized carbons (Fsp3) is 0.700. The number of nitrogens with two attached hydrogens (primary N) is 4. The summed E-state index contributed by atoms with van der Waals surface area (Å²) in [7, 11) is 0. The second kappa shape index (κ2) is 15.3. The Hall–Kier alpha value is -3.62. The predicted molar refractivity (Wildman–Crippen MR) is 130 cm³/mol. The molecule has 13 N–H and O–H groups in total. The van der Waals surface area contributed by atoms with E-state index < -0.39 is 35.9 Å². The number of hydrogen-bond acceptors (Lipinski definition) is 7. The van der Waals surface area contributed by atoms with Crippen LogP contribution in [0.1, 0.15) is 45.4 Å². The number of rotatable bonds is 15. The molecule has 15 heteroatoms. The Labute approximate surface area is 203 Å². The number of guanidine groups is 2. The van der Waals surface area contributed by atoms with E-state index in [-0.39, 0.29) is 49.8 Å². The highest BCUT2D eigenvalue weighted by atomic mass is 16.4. The third-order valence-corrected chi connectivity index (χ3v) is 5.27. The molecule has 4 unspecified atom stereocenters. The van der Waals surface area contributed by atoms with Gasteiger partial charge in [-0.25, -0.2) is 4.79 Å². The number of nitrogens with zero attached hydrogens (tertiary/aromatic N) is 2. The molecule has 1 aliphatic rings. The first kappa shape index (κ1) is 29.4. The number of aliphatic imine (C=N–C) groups is 2. The number of hydrogen-bond donors (Lipinski definition) is 9. The van der Waals surface area contributed by atoms with E-state index in [1.807, 2.05) is 0 Å². The molecular weight excluding hydrogens is 460 g/mol. The van der Waals surface area contributed by atoms with Gasteiger partial charge in [0.15, 0.2) is 11.9 Å². The van der Waals surface area contributed by atoms with Crippen LogP contribution >= 0.6 is 0 Å². The molecule has 1 fully saturated rings. The fourth-order valence-electron chi connectivity index (χ4n) is 3.39. The average Bonchev–Trinajstić information content (AvgIpc) is 3.32. The van der Waals surface area contributed by atoms with Crippen molar-refractivity contribution in [2.45, 2.75) is 69.6 Å². The van der Waals surface area contributed by atoms with E-state index in [1.165, 1.54) is 6.92 Å².